The maximum absolute atomic E-state index is 11.8. The van der Waals surface area contributed by atoms with Crippen molar-refractivity contribution in [2.24, 2.45) is 0 Å². The quantitative estimate of drug-likeness (QED) is 0.558. The van der Waals surface area contributed by atoms with Crippen molar-refractivity contribution in [1.82, 2.24) is 10.4 Å². The summed E-state index contributed by atoms with van der Waals surface area (Å²) in [5, 5.41) is 2.70. The van der Waals surface area contributed by atoms with Gasteiger partial charge in [-0.1, -0.05) is 23.7 Å². The molecule has 0 bridgehead atoms. The molecule has 162 valence electrons. The summed E-state index contributed by atoms with van der Waals surface area (Å²) < 4.78 is 16.5. The van der Waals surface area contributed by atoms with E-state index in [4.69, 9.17) is 25.8 Å². The monoisotopic (exact) mass is 448 g/mol. The SMILES string of the molecule is COC(=O)c1ccc(C2Oc3ccc(Cl)cc3C3C=C(c4ccc(OC)cc4)NN32)cc1. The van der Waals surface area contributed by atoms with Crippen LogP contribution in [0.4, 0.5) is 0 Å². The Bertz CT molecular complexity index is 1190. The number of methoxy groups -OCH3 is 2. The third kappa shape index (κ3) is 3.57. The normalized spacial score (nSPS) is 19.2. The molecule has 2 unspecified atom stereocenters. The number of halogens is 1. The largest absolute Gasteiger partial charge is 0.497 e. The zero-order valence-corrected chi connectivity index (χ0v) is 18.3. The van der Waals surface area contributed by atoms with Gasteiger partial charge in [0, 0.05) is 16.1 Å². The van der Waals surface area contributed by atoms with Crippen LogP contribution in [0.25, 0.3) is 5.70 Å². The number of fused-ring (bicyclic) bond motifs is 3. The Hall–Kier alpha value is -3.48. The van der Waals surface area contributed by atoms with Gasteiger partial charge < -0.3 is 19.6 Å². The molecule has 0 saturated heterocycles. The van der Waals surface area contributed by atoms with Crippen molar-refractivity contribution in [3.05, 3.63) is 100 Å². The molecule has 0 fully saturated rings. The molecule has 2 heterocycles. The minimum absolute atomic E-state index is 0.0835. The summed E-state index contributed by atoms with van der Waals surface area (Å²) in [6.45, 7) is 0. The first-order valence-corrected chi connectivity index (χ1v) is 10.5. The highest BCUT2D eigenvalue weighted by molar-refractivity contribution is 6.30. The Morgan fingerprint density at radius 1 is 1.03 bits per heavy atom. The van der Waals surface area contributed by atoms with Crippen LogP contribution in [-0.4, -0.2) is 25.2 Å². The highest BCUT2D eigenvalue weighted by Crippen LogP contribution is 2.46. The molecule has 6 nitrogen and oxygen atoms in total. The molecule has 0 saturated carbocycles. The fourth-order valence-electron chi connectivity index (χ4n) is 4.02. The minimum atomic E-state index is -0.410. The van der Waals surface area contributed by atoms with Crippen LogP contribution < -0.4 is 14.9 Å². The molecule has 0 aromatic heterocycles. The van der Waals surface area contributed by atoms with Crippen molar-refractivity contribution in [3.63, 3.8) is 0 Å². The second-order valence-corrected chi connectivity index (χ2v) is 7.98. The van der Waals surface area contributed by atoms with Crippen molar-refractivity contribution >= 4 is 23.3 Å². The van der Waals surface area contributed by atoms with E-state index in [1.807, 2.05) is 59.6 Å². The van der Waals surface area contributed by atoms with Gasteiger partial charge in [-0.3, -0.25) is 0 Å². The number of esters is 1. The summed E-state index contributed by atoms with van der Waals surface area (Å²) in [6, 6.07) is 20.7. The molecule has 2 aliphatic rings. The van der Waals surface area contributed by atoms with Gasteiger partial charge in [-0.25, -0.2) is 4.79 Å². The first-order chi connectivity index (χ1) is 15.6. The van der Waals surface area contributed by atoms with Crippen LogP contribution >= 0.6 is 11.6 Å². The van der Waals surface area contributed by atoms with E-state index in [2.05, 4.69) is 11.5 Å². The molecule has 3 aromatic carbocycles. The lowest BCUT2D eigenvalue weighted by Crippen LogP contribution is -2.43. The van der Waals surface area contributed by atoms with Gasteiger partial charge in [0.1, 0.15) is 11.5 Å². The summed E-state index contributed by atoms with van der Waals surface area (Å²) in [7, 11) is 3.02. The van der Waals surface area contributed by atoms with E-state index in [0.29, 0.717) is 10.6 Å². The molecule has 0 spiro atoms. The van der Waals surface area contributed by atoms with Crippen molar-refractivity contribution in [1.29, 1.82) is 0 Å². The van der Waals surface area contributed by atoms with E-state index in [0.717, 1.165) is 33.9 Å². The van der Waals surface area contributed by atoms with E-state index in [1.165, 1.54) is 7.11 Å². The van der Waals surface area contributed by atoms with Crippen LogP contribution in [0.15, 0.2) is 72.8 Å². The molecule has 7 heteroatoms. The predicted octanol–water partition coefficient (Wildman–Crippen LogP) is 5.13. The second kappa shape index (κ2) is 8.22. The van der Waals surface area contributed by atoms with Crippen LogP contribution in [0.2, 0.25) is 5.02 Å². The Kier molecular flexibility index (Phi) is 5.25. The van der Waals surface area contributed by atoms with Gasteiger partial charge in [0.05, 0.1) is 31.5 Å². The van der Waals surface area contributed by atoms with Crippen LogP contribution in [0.1, 0.15) is 39.3 Å². The standard InChI is InChI=1S/C25H21ClN2O4/c1-30-19-10-7-15(8-11-19)21-14-22-20-13-18(26)9-12-23(20)32-24(28(22)27-21)16-3-5-17(6-4-16)25(29)31-2/h3-14,22,24,27H,1-2H3. The fourth-order valence-corrected chi connectivity index (χ4v) is 4.21. The summed E-state index contributed by atoms with van der Waals surface area (Å²) in [5.41, 5.74) is 7.87. The maximum Gasteiger partial charge on any atom is 0.337 e. The average Bonchev–Trinajstić information content (AvgIpc) is 3.29. The van der Waals surface area contributed by atoms with Crippen molar-refractivity contribution in [2.45, 2.75) is 12.3 Å². The first-order valence-electron chi connectivity index (χ1n) is 10.1. The van der Waals surface area contributed by atoms with Gasteiger partial charge in [0.15, 0.2) is 6.23 Å². The second-order valence-electron chi connectivity index (χ2n) is 7.54. The summed E-state index contributed by atoms with van der Waals surface area (Å²) in [4.78, 5) is 11.8. The number of carbonyl (C=O) groups is 1. The van der Waals surface area contributed by atoms with Gasteiger partial charge in [0.2, 0.25) is 0 Å². The molecule has 0 aliphatic carbocycles. The minimum Gasteiger partial charge on any atom is -0.497 e. The first kappa shape index (κ1) is 20.4. The number of benzene rings is 3. The highest BCUT2D eigenvalue weighted by atomic mass is 35.5. The van der Waals surface area contributed by atoms with Crippen LogP contribution in [0.3, 0.4) is 0 Å². The Labute approximate surface area is 190 Å². The lowest BCUT2D eigenvalue weighted by atomic mass is 10.0. The molecule has 32 heavy (non-hydrogen) atoms. The molecule has 0 amide bonds. The Morgan fingerprint density at radius 3 is 2.47 bits per heavy atom. The highest BCUT2D eigenvalue weighted by Gasteiger charge is 2.40. The molecule has 2 atom stereocenters. The van der Waals surface area contributed by atoms with Gasteiger partial charge in [0.25, 0.3) is 0 Å². The van der Waals surface area contributed by atoms with Crippen LogP contribution in [-0.2, 0) is 4.74 Å². The third-order valence-electron chi connectivity index (χ3n) is 5.67. The summed E-state index contributed by atoms with van der Waals surface area (Å²) >= 11 is 6.30. The number of carbonyl (C=O) groups excluding carboxylic acids is 1. The van der Waals surface area contributed by atoms with Gasteiger partial charge in [-0.05, 0) is 66.2 Å². The zero-order valence-electron chi connectivity index (χ0n) is 17.5. The average molecular weight is 449 g/mol. The molecular weight excluding hydrogens is 428 g/mol. The number of hydrazine groups is 1. The Morgan fingerprint density at radius 2 is 1.78 bits per heavy atom. The molecular formula is C25H21ClN2O4. The van der Waals surface area contributed by atoms with Gasteiger partial charge in [-0.2, -0.15) is 5.01 Å². The zero-order chi connectivity index (χ0) is 22.2. The van der Waals surface area contributed by atoms with Crippen LogP contribution in [0, 0.1) is 0 Å². The number of ether oxygens (including phenoxy) is 3. The van der Waals surface area contributed by atoms with E-state index in [1.54, 1.807) is 19.2 Å². The summed E-state index contributed by atoms with van der Waals surface area (Å²) in [6.07, 6.45) is 1.75. The topological polar surface area (TPSA) is 60.0 Å². The molecule has 3 aromatic rings. The Balaban J connectivity index is 1.52. The van der Waals surface area contributed by atoms with Gasteiger partial charge in [-0.15, -0.1) is 0 Å². The van der Waals surface area contributed by atoms with Crippen LogP contribution in [0.5, 0.6) is 11.5 Å². The molecule has 1 N–H and O–H groups in total. The number of hydrogen-bond acceptors (Lipinski definition) is 6. The number of hydrogen-bond donors (Lipinski definition) is 1. The van der Waals surface area contributed by atoms with Crippen molar-refractivity contribution < 1.29 is 19.0 Å². The third-order valence-corrected chi connectivity index (χ3v) is 5.91. The van der Waals surface area contributed by atoms with E-state index in [9.17, 15) is 4.79 Å². The van der Waals surface area contributed by atoms with Crippen molar-refractivity contribution in [3.8, 4) is 11.5 Å². The fraction of sp³-hybridized carbons (Fsp3) is 0.160. The van der Waals surface area contributed by atoms with E-state index >= 15 is 0 Å². The molecule has 2 aliphatic heterocycles. The lowest BCUT2D eigenvalue weighted by Gasteiger charge is -2.39. The lowest BCUT2D eigenvalue weighted by molar-refractivity contribution is -0.0326. The maximum atomic E-state index is 11.8. The summed E-state index contributed by atoms with van der Waals surface area (Å²) in [5.74, 6) is 1.20. The van der Waals surface area contributed by atoms with Gasteiger partial charge >= 0.3 is 5.97 Å². The van der Waals surface area contributed by atoms with E-state index < -0.39 is 6.23 Å². The number of nitrogens with zero attached hydrogens (tertiary/aromatic N) is 1. The smallest absolute Gasteiger partial charge is 0.337 e. The molecule has 0 radical (unpaired) electrons. The molecule has 5 rings (SSSR count). The number of rotatable bonds is 4. The number of nitrogens with one attached hydrogen (secondary N) is 1. The van der Waals surface area contributed by atoms with Crippen molar-refractivity contribution in [2.75, 3.05) is 14.2 Å². The predicted molar refractivity (Wildman–Crippen MR) is 121 cm³/mol. The van der Waals surface area contributed by atoms with E-state index in [-0.39, 0.29) is 12.0 Å².